The first-order chi connectivity index (χ1) is 8.93. The van der Waals surface area contributed by atoms with E-state index in [4.69, 9.17) is 0 Å². The molecule has 1 aromatic carbocycles. The largest absolute Gasteiger partial charge is 0.269 e. The van der Waals surface area contributed by atoms with Crippen LogP contribution in [0, 0.1) is 6.92 Å². The zero-order valence-corrected chi connectivity index (χ0v) is 12.9. The normalized spacial score (nSPS) is 11.3. The first kappa shape index (κ1) is 14.0. The average molecular weight is 341 g/mol. The van der Waals surface area contributed by atoms with Gasteiger partial charge in [-0.15, -0.1) is 0 Å². The highest BCUT2D eigenvalue weighted by atomic mass is 79.9. The van der Waals surface area contributed by atoms with Crippen LogP contribution in [0.1, 0.15) is 5.56 Å². The van der Waals surface area contributed by atoms with E-state index in [9.17, 15) is 8.42 Å². The van der Waals surface area contributed by atoms with Crippen molar-refractivity contribution >= 4 is 31.6 Å². The van der Waals surface area contributed by atoms with Gasteiger partial charge in [0.05, 0.1) is 10.6 Å². The van der Waals surface area contributed by atoms with E-state index in [1.165, 1.54) is 11.4 Å². The number of halogens is 1. The Hall–Kier alpha value is -1.40. The topological polar surface area (TPSA) is 50.3 Å². The van der Waals surface area contributed by atoms with E-state index in [0.29, 0.717) is 5.69 Å². The molecule has 1 aromatic heterocycles. The van der Waals surface area contributed by atoms with E-state index >= 15 is 0 Å². The molecule has 0 bridgehead atoms. The Kier molecular flexibility index (Phi) is 3.91. The lowest BCUT2D eigenvalue weighted by atomic mass is 10.2. The van der Waals surface area contributed by atoms with Gasteiger partial charge in [-0.25, -0.2) is 8.42 Å². The van der Waals surface area contributed by atoms with E-state index < -0.39 is 10.0 Å². The first-order valence-electron chi connectivity index (χ1n) is 5.58. The number of pyridine rings is 1. The van der Waals surface area contributed by atoms with E-state index in [-0.39, 0.29) is 4.90 Å². The second-order valence-corrected chi connectivity index (χ2v) is 6.91. The van der Waals surface area contributed by atoms with Crippen LogP contribution in [0.15, 0.2) is 52.1 Å². The standard InChI is InChI=1S/C13H13BrN2O2S/c1-10-9-12(3-4-13(10)14)19(17,18)16(2)11-5-7-15-8-6-11/h3-9H,1-2H3. The number of aryl methyl sites for hydroxylation is 1. The van der Waals surface area contributed by atoms with E-state index in [2.05, 4.69) is 20.9 Å². The predicted molar refractivity (Wildman–Crippen MR) is 78.7 cm³/mol. The first-order valence-corrected chi connectivity index (χ1v) is 7.81. The summed E-state index contributed by atoms with van der Waals surface area (Å²) in [5.74, 6) is 0. The monoisotopic (exact) mass is 340 g/mol. The van der Waals surface area contributed by atoms with Crippen molar-refractivity contribution in [3.63, 3.8) is 0 Å². The third kappa shape index (κ3) is 2.79. The molecule has 0 aliphatic heterocycles. The second kappa shape index (κ2) is 5.30. The molecule has 0 atom stereocenters. The van der Waals surface area contributed by atoms with Gasteiger partial charge in [0.15, 0.2) is 0 Å². The molecular formula is C13H13BrN2O2S. The zero-order chi connectivity index (χ0) is 14.0. The molecule has 2 rings (SSSR count). The van der Waals surface area contributed by atoms with Gasteiger partial charge in [0.2, 0.25) is 0 Å². The Balaban J connectivity index is 2.45. The number of hydrogen-bond donors (Lipinski definition) is 0. The summed E-state index contributed by atoms with van der Waals surface area (Å²) in [4.78, 5) is 4.15. The van der Waals surface area contributed by atoms with Gasteiger partial charge in [-0.05, 0) is 42.8 Å². The van der Waals surface area contributed by atoms with Crippen LogP contribution in [-0.2, 0) is 10.0 Å². The van der Waals surface area contributed by atoms with Crippen molar-refractivity contribution in [3.05, 3.63) is 52.8 Å². The summed E-state index contributed by atoms with van der Waals surface area (Å²) in [6.45, 7) is 1.86. The van der Waals surface area contributed by atoms with E-state index in [1.54, 1.807) is 42.7 Å². The fraction of sp³-hybridized carbons (Fsp3) is 0.154. The highest BCUT2D eigenvalue weighted by Gasteiger charge is 2.21. The van der Waals surface area contributed by atoms with Crippen molar-refractivity contribution < 1.29 is 8.42 Å². The van der Waals surface area contributed by atoms with E-state index in [0.717, 1.165) is 10.0 Å². The quantitative estimate of drug-likeness (QED) is 0.862. The third-order valence-electron chi connectivity index (χ3n) is 2.81. The van der Waals surface area contributed by atoms with Crippen LogP contribution >= 0.6 is 15.9 Å². The molecular weight excluding hydrogens is 328 g/mol. The summed E-state index contributed by atoms with van der Waals surface area (Å²) in [6, 6.07) is 8.29. The number of rotatable bonds is 3. The molecule has 0 aliphatic carbocycles. The molecule has 0 fully saturated rings. The summed E-state index contributed by atoms with van der Waals surface area (Å²) in [7, 11) is -2.02. The molecule has 0 spiro atoms. The van der Waals surface area contributed by atoms with Crippen molar-refractivity contribution in [1.29, 1.82) is 0 Å². The molecule has 0 saturated carbocycles. The van der Waals surface area contributed by atoms with Gasteiger partial charge < -0.3 is 0 Å². The summed E-state index contributed by atoms with van der Waals surface area (Å²) in [6.07, 6.45) is 3.13. The lowest BCUT2D eigenvalue weighted by molar-refractivity contribution is 0.594. The van der Waals surface area contributed by atoms with Crippen LogP contribution in [0.5, 0.6) is 0 Å². The van der Waals surface area contributed by atoms with E-state index in [1.807, 2.05) is 6.92 Å². The van der Waals surface area contributed by atoms with Gasteiger partial charge in [-0.3, -0.25) is 9.29 Å². The highest BCUT2D eigenvalue weighted by Crippen LogP contribution is 2.24. The van der Waals surface area contributed by atoms with Gasteiger partial charge in [0.25, 0.3) is 10.0 Å². The smallest absolute Gasteiger partial charge is 0.264 e. The van der Waals surface area contributed by atoms with Crippen LogP contribution in [0.25, 0.3) is 0 Å². The minimum atomic E-state index is -3.55. The number of anilines is 1. The molecule has 0 unspecified atom stereocenters. The minimum absolute atomic E-state index is 0.271. The van der Waals surface area contributed by atoms with Crippen molar-refractivity contribution in [2.24, 2.45) is 0 Å². The number of sulfonamides is 1. The van der Waals surface area contributed by atoms with Crippen LogP contribution in [0.4, 0.5) is 5.69 Å². The maximum atomic E-state index is 12.5. The summed E-state index contributed by atoms with van der Waals surface area (Å²) in [5, 5.41) is 0. The van der Waals surface area contributed by atoms with Crippen LogP contribution in [0.2, 0.25) is 0 Å². The van der Waals surface area contributed by atoms with Crippen LogP contribution < -0.4 is 4.31 Å². The number of benzene rings is 1. The van der Waals surface area contributed by atoms with Crippen molar-refractivity contribution in [2.75, 3.05) is 11.4 Å². The van der Waals surface area contributed by atoms with Crippen LogP contribution in [-0.4, -0.2) is 20.4 Å². The van der Waals surface area contributed by atoms with Crippen molar-refractivity contribution in [3.8, 4) is 0 Å². The Morgan fingerprint density at radius 1 is 1.16 bits per heavy atom. The molecule has 0 aliphatic rings. The predicted octanol–water partition coefficient (Wildman–Crippen LogP) is 2.98. The van der Waals surface area contributed by atoms with Gasteiger partial charge in [0, 0.05) is 23.9 Å². The summed E-state index contributed by atoms with van der Waals surface area (Å²) in [5.41, 5.74) is 1.46. The van der Waals surface area contributed by atoms with Gasteiger partial charge >= 0.3 is 0 Å². The summed E-state index contributed by atoms with van der Waals surface area (Å²) >= 11 is 3.36. The molecule has 0 N–H and O–H groups in total. The molecule has 100 valence electrons. The minimum Gasteiger partial charge on any atom is -0.269 e. The maximum Gasteiger partial charge on any atom is 0.264 e. The van der Waals surface area contributed by atoms with Gasteiger partial charge in [-0.2, -0.15) is 0 Å². The van der Waals surface area contributed by atoms with Crippen molar-refractivity contribution in [1.82, 2.24) is 4.98 Å². The SMILES string of the molecule is Cc1cc(S(=O)(=O)N(C)c2ccncc2)ccc1Br. The van der Waals surface area contributed by atoms with Crippen LogP contribution in [0.3, 0.4) is 0 Å². The number of nitrogens with zero attached hydrogens (tertiary/aromatic N) is 2. The molecule has 2 aromatic rings. The zero-order valence-electron chi connectivity index (χ0n) is 10.5. The van der Waals surface area contributed by atoms with Gasteiger partial charge in [-0.1, -0.05) is 15.9 Å². The lowest BCUT2D eigenvalue weighted by Crippen LogP contribution is -2.26. The molecule has 6 heteroatoms. The number of aromatic nitrogens is 1. The molecule has 19 heavy (non-hydrogen) atoms. The Bertz CT molecular complexity index is 687. The maximum absolute atomic E-state index is 12.5. The fourth-order valence-corrected chi connectivity index (χ4v) is 3.16. The Labute approximate surface area is 121 Å². The third-order valence-corrected chi connectivity index (χ3v) is 5.49. The fourth-order valence-electron chi connectivity index (χ4n) is 1.63. The van der Waals surface area contributed by atoms with Gasteiger partial charge in [0.1, 0.15) is 0 Å². The van der Waals surface area contributed by atoms with Crippen molar-refractivity contribution in [2.45, 2.75) is 11.8 Å². The average Bonchev–Trinajstić information content (AvgIpc) is 2.41. The number of hydrogen-bond acceptors (Lipinski definition) is 3. The Morgan fingerprint density at radius 2 is 1.79 bits per heavy atom. The lowest BCUT2D eigenvalue weighted by Gasteiger charge is -2.19. The Morgan fingerprint density at radius 3 is 2.37 bits per heavy atom. The molecule has 0 radical (unpaired) electrons. The molecule has 4 nitrogen and oxygen atoms in total. The molecule has 1 heterocycles. The molecule has 0 amide bonds. The highest BCUT2D eigenvalue weighted by molar-refractivity contribution is 9.10. The molecule has 0 saturated heterocycles. The summed E-state index contributed by atoms with van der Waals surface area (Å²) < 4.78 is 27.1. The second-order valence-electron chi connectivity index (χ2n) is 4.09.